The van der Waals surface area contributed by atoms with Crippen molar-refractivity contribution in [2.45, 2.75) is 31.2 Å². The van der Waals surface area contributed by atoms with Gasteiger partial charge < -0.3 is 9.47 Å². The summed E-state index contributed by atoms with van der Waals surface area (Å²) in [5.74, 6) is -2.12. The number of pyridine rings is 1. The van der Waals surface area contributed by atoms with Gasteiger partial charge in [-0.25, -0.2) is 4.98 Å². The molecule has 1 rings (SSSR count). The molecule has 0 amide bonds. The van der Waals surface area contributed by atoms with Crippen LogP contribution < -0.4 is 4.74 Å². The number of ether oxygens (including phenoxy) is 2. The number of aromatic nitrogens is 1. The maximum Gasteiger partial charge on any atom is 0.574 e. The maximum absolute atomic E-state index is 12.9. The van der Waals surface area contributed by atoms with Crippen LogP contribution in [0, 0.1) is 0 Å². The van der Waals surface area contributed by atoms with Crippen LogP contribution in [0.15, 0.2) is 6.07 Å². The van der Waals surface area contributed by atoms with Crippen molar-refractivity contribution < 1.29 is 40.6 Å². The topological polar surface area (TPSA) is 48.4 Å². The lowest BCUT2D eigenvalue weighted by Crippen LogP contribution is -2.22. The molecule has 130 valence electrons. The first-order chi connectivity index (χ1) is 10.5. The summed E-state index contributed by atoms with van der Waals surface area (Å²) in [6, 6.07) is 0.404. The predicted octanol–water partition coefficient (Wildman–Crippen LogP) is 4.00. The fraction of sp³-hybridized carbons (Fsp3) is 0.500. The van der Waals surface area contributed by atoms with Gasteiger partial charge in [-0.15, -0.1) is 13.2 Å². The molecule has 0 radical (unpaired) electrons. The molecule has 23 heavy (non-hydrogen) atoms. The standard InChI is InChI=1S/C12H10BrF6NO3/c1-2-22-9(21)4-6-3-7(11(14,15)16)8(5-13)20-10(6)23-12(17,18)19/h3H,2,4-5H2,1H3. The average molecular weight is 410 g/mol. The van der Waals surface area contributed by atoms with Gasteiger partial charge in [0, 0.05) is 10.9 Å². The number of carbonyl (C=O) groups is 1. The van der Waals surface area contributed by atoms with E-state index in [0.29, 0.717) is 6.07 Å². The molecular weight excluding hydrogens is 400 g/mol. The molecule has 11 heteroatoms. The van der Waals surface area contributed by atoms with Crippen LogP contribution in [0.3, 0.4) is 0 Å². The van der Waals surface area contributed by atoms with Gasteiger partial charge in [-0.2, -0.15) is 13.2 Å². The second-order valence-corrected chi connectivity index (χ2v) is 4.67. The van der Waals surface area contributed by atoms with Crippen LogP contribution in [0.1, 0.15) is 23.7 Å². The molecule has 1 aromatic rings. The van der Waals surface area contributed by atoms with E-state index in [0.717, 1.165) is 0 Å². The Kier molecular flexibility index (Phi) is 6.25. The molecule has 0 fully saturated rings. The number of hydrogen-bond donors (Lipinski definition) is 0. The third-order valence-corrected chi connectivity index (χ3v) is 2.96. The van der Waals surface area contributed by atoms with Gasteiger partial charge in [0.05, 0.1) is 24.3 Å². The van der Waals surface area contributed by atoms with Gasteiger partial charge in [0.15, 0.2) is 0 Å². The number of esters is 1. The van der Waals surface area contributed by atoms with Gasteiger partial charge in [0.2, 0.25) is 5.88 Å². The number of hydrogen-bond acceptors (Lipinski definition) is 4. The highest BCUT2D eigenvalue weighted by molar-refractivity contribution is 9.08. The van der Waals surface area contributed by atoms with E-state index >= 15 is 0 Å². The van der Waals surface area contributed by atoms with Gasteiger partial charge in [-0.05, 0) is 13.0 Å². The van der Waals surface area contributed by atoms with Gasteiger partial charge in [0.1, 0.15) is 0 Å². The fourth-order valence-corrected chi connectivity index (χ4v) is 2.04. The van der Waals surface area contributed by atoms with E-state index in [2.05, 4.69) is 30.4 Å². The molecule has 0 aliphatic heterocycles. The van der Waals surface area contributed by atoms with Crippen molar-refractivity contribution >= 4 is 21.9 Å². The summed E-state index contributed by atoms with van der Waals surface area (Å²) in [5.41, 5.74) is -2.62. The molecular formula is C12H10BrF6NO3. The van der Waals surface area contributed by atoms with Crippen molar-refractivity contribution in [2.75, 3.05) is 6.61 Å². The Hall–Kier alpha value is -1.52. The highest BCUT2D eigenvalue weighted by Crippen LogP contribution is 2.36. The summed E-state index contributed by atoms with van der Waals surface area (Å²) in [5, 5.41) is -0.449. The quantitative estimate of drug-likeness (QED) is 0.419. The van der Waals surface area contributed by atoms with Crippen LogP contribution in [0.25, 0.3) is 0 Å². The lowest BCUT2D eigenvalue weighted by atomic mass is 10.1. The zero-order chi connectivity index (χ0) is 17.8. The molecule has 0 unspecified atom stereocenters. The Balaban J connectivity index is 3.38. The second-order valence-electron chi connectivity index (χ2n) is 4.11. The van der Waals surface area contributed by atoms with Crippen molar-refractivity contribution in [2.24, 2.45) is 0 Å². The lowest BCUT2D eigenvalue weighted by molar-refractivity contribution is -0.276. The number of nitrogens with zero attached hydrogens (tertiary/aromatic N) is 1. The monoisotopic (exact) mass is 409 g/mol. The Morgan fingerprint density at radius 1 is 1.26 bits per heavy atom. The molecule has 1 aromatic heterocycles. The first-order valence-corrected chi connectivity index (χ1v) is 7.17. The number of halogens is 7. The summed E-state index contributed by atoms with van der Waals surface area (Å²) < 4.78 is 84.0. The van der Waals surface area contributed by atoms with E-state index in [4.69, 9.17) is 0 Å². The van der Waals surface area contributed by atoms with E-state index in [9.17, 15) is 31.1 Å². The summed E-state index contributed by atoms with van der Waals surface area (Å²) >= 11 is 2.72. The second kappa shape index (κ2) is 7.37. The van der Waals surface area contributed by atoms with Crippen molar-refractivity contribution in [3.05, 3.63) is 22.9 Å². The van der Waals surface area contributed by atoms with E-state index in [-0.39, 0.29) is 6.61 Å². The minimum Gasteiger partial charge on any atom is -0.466 e. The molecule has 4 nitrogen and oxygen atoms in total. The van der Waals surface area contributed by atoms with Gasteiger partial charge in [-0.1, -0.05) is 15.9 Å². The SMILES string of the molecule is CCOC(=O)Cc1cc(C(F)(F)F)c(CBr)nc1OC(F)(F)F. The van der Waals surface area contributed by atoms with Crippen LogP contribution >= 0.6 is 15.9 Å². The average Bonchev–Trinajstić information content (AvgIpc) is 2.37. The zero-order valence-electron chi connectivity index (χ0n) is 11.5. The van der Waals surface area contributed by atoms with Gasteiger partial charge in [-0.3, -0.25) is 4.79 Å². The Morgan fingerprint density at radius 3 is 2.30 bits per heavy atom. The number of carbonyl (C=O) groups excluding carboxylic acids is 1. The molecule has 0 aliphatic rings. The predicted molar refractivity (Wildman–Crippen MR) is 68.9 cm³/mol. The molecule has 0 saturated heterocycles. The fourth-order valence-electron chi connectivity index (χ4n) is 1.61. The molecule has 0 saturated carbocycles. The summed E-state index contributed by atoms with van der Waals surface area (Å²) in [6.45, 7) is 1.37. The molecule has 0 bridgehead atoms. The van der Waals surface area contributed by atoms with E-state index in [1.165, 1.54) is 6.92 Å². The van der Waals surface area contributed by atoms with Crippen LogP contribution in [0.2, 0.25) is 0 Å². The highest BCUT2D eigenvalue weighted by atomic mass is 79.9. The number of rotatable bonds is 5. The first-order valence-electron chi connectivity index (χ1n) is 6.05. The summed E-state index contributed by atoms with van der Waals surface area (Å²) in [6.07, 6.45) is -10.9. The Morgan fingerprint density at radius 2 is 1.87 bits per heavy atom. The highest BCUT2D eigenvalue weighted by Gasteiger charge is 2.38. The molecule has 0 atom stereocenters. The van der Waals surface area contributed by atoms with E-state index in [1.807, 2.05) is 0 Å². The van der Waals surface area contributed by atoms with Crippen molar-refractivity contribution in [3.63, 3.8) is 0 Å². The van der Waals surface area contributed by atoms with Crippen molar-refractivity contribution in [1.82, 2.24) is 4.98 Å². The van der Waals surface area contributed by atoms with Crippen LogP contribution in [0.4, 0.5) is 26.3 Å². The lowest BCUT2D eigenvalue weighted by Gasteiger charge is -2.17. The number of alkyl halides is 7. The zero-order valence-corrected chi connectivity index (χ0v) is 13.1. The molecule has 1 heterocycles. The van der Waals surface area contributed by atoms with Crippen molar-refractivity contribution in [1.29, 1.82) is 0 Å². The van der Waals surface area contributed by atoms with Crippen LogP contribution in [-0.4, -0.2) is 23.9 Å². The van der Waals surface area contributed by atoms with Gasteiger partial charge in [0.25, 0.3) is 0 Å². The van der Waals surface area contributed by atoms with Gasteiger partial charge >= 0.3 is 18.5 Å². The van der Waals surface area contributed by atoms with E-state index in [1.54, 1.807) is 0 Å². The molecule has 0 N–H and O–H groups in total. The van der Waals surface area contributed by atoms with Crippen LogP contribution in [0.5, 0.6) is 5.88 Å². The molecule has 0 spiro atoms. The summed E-state index contributed by atoms with van der Waals surface area (Å²) in [7, 11) is 0. The Labute approximate surface area is 134 Å². The molecule has 0 aliphatic carbocycles. The normalized spacial score (nSPS) is 12.2. The minimum absolute atomic E-state index is 0.0761. The first kappa shape index (κ1) is 19.5. The Bertz CT molecular complexity index is 573. The smallest absolute Gasteiger partial charge is 0.466 e. The van der Waals surface area contributed by atoms with E-state index < -0.39 is 53.0 Å². The largest absolute Gasteiger partial charge is 0.574 e. The maximum atomic E-state index is 12.9. The molecule has 0 aromatic carbocycles. The van der Waals surface area contributed by atoms with Crippen LogP contribution in [-0.2, 0) is 27.5 Å². The summed E-state index contributed by atoms with van der Waals surface area (Å²) in [4.78, 5) is 14.6. The third kappa shape index (κ3) is 5.88. The minimum atomic E-state index is -5.17. The third-order valence-electron chi connectivity index (χ3n) is 2.43. The van der Waals surface area contributed by atoms with Crippen molar-refractivity contribution in [3.8, 4) is 5.88 Å².